The molecule has 78 valence electrons. The van der Waals surface area contributed by atoms with Crippen LogP contribution in [0.25, 0.3) is 11.3 Å². The van der Waals surface area contributed by atoms with Crippen molar-refractivity contribution in [3.63, 3.8) is 0 Å². The van der Waals surface area contributed by atoms with E-state index >= 15 is 0 Å². The zero-order chi connectivity index (χ0) is 10.8. The monoisotopic (exact) mass is 205 g/mol. The lowest BCUT2D eigenvalue weighted by atomic mass is 10.1. The summed E-state index contributed by atoms with van der Waals surface area (Å²) >= 11 is 0. The van der Waals surface area contributed by atoms with Gasteiger partial charge in [0.1, 0.15) is 11.6 Å². The van der Waals surface area contributed by atoms with E-state index in [1.165, 1.54) is 13.2 Å². The van der Waals surface area contributed by atoms with Gasteiger partial charge in [-0.2, -0.15) is 0 Å². The molecule has 1 aromatic heterocycles. The molecule has 0 saturated heterocycles. The van der Waals surface area contributed by atoms with Crippen LogP contribution in [0.3, 0.4) is 0 Å². The van der Waals surface area contributed by atoms with E-state index in [0.29, 0.717) is 11.3 Å². The molecule has 1 aromatic carbocycles. The second-order valence-electron chi connectivity index (χ2n) is 3.41. The number of aryl methyl sites for hydroxylation is 1. The Morgan fingerprint density at radius 3 is 2.73 bits per heavy atom. The number of nitrogens with one attached hydrogen (secondary N) is 1. The molecule has 0 atom stereocenters. The maximum Gasteiger partial charge on any atom is 0.136 e. The third-order valence-corrected chi connectivity index (χ3v) is 2.29. The summed E-state index contributed by atoms with van der Waals surface area (Å²) < 4.78 is 18.8. The Bertz CT molecular complexity index is 476. The fourth-order valence-corrected chi connectivity index (χ4v) is 1.58. The van der Waals surface area contributed by atoms with Crippen LogP contribution in [0.5, 0.6) is 5.75 Å². The minimum Gasteiger partial charge on any atom is -0.496 e. The van der Waals surface area contributed by atoms with Gasteiger partial charge in [0.05, 0.1) is 18.4 Å². The Labute approximate surface area is 87.7 Å². The fraction of sp³-hybridized carbons (Fsp3) is 0.167. The molecule has 0 spiro atoms. The van der Waals surface area contributed by atoms with Crippen LogP contribution in [0.1, 0.15) is 5.56 Å². The van der Waals surface area contributed by atoms with Crippen molar-refractivity contribution in [2.75, 3.05) is 7.11 Å². The Kier molecular flexibility index (Phi) is 2.46. The van der Waals surface area contributed by atoms with E-state index in [2.05, 4.69) is 4.98 Å². The number of halogens is 1. The van der Waals surface area contributed by atoms with Crippen LogP contribution in [-0.4, -0.2) is 12.1 Å². The Morgan fingerprint density at radius 2 is 2.13 bits per heavy atom. The van der Waals surface area contributed by atoms with E-state index in [1.54, 1.807) is 12.1 Å². The number of benzene rings is 1. The van der Waals surface area contributed by atoms with Gasteiger partial charge in [0.25, 0.3) is 0 Å². The summed E-state index contributed by atoms with van der Waals surface area (Å²) in [4.78, 5) is 3.02. The molecule has 0 aliphatic heterocycles. The largest absolute Gasteiger partial charge is 0.496 e. The lowest BCUT2D eigenvalue weighted by molar-refractivity contribution is 0.413. The third kappa shape index (κ3) is 1.73. The maximum atomic E-state index is 13.6. The van der Waals surface area contributed by atoms with Crippen LogP contribution in [0, 0.1) is 12.7 Å². The molecule has 0 aliphatic carbocycles. The van der Waals surface area contributed by atoms with Gasteiger partial charge in [-0.05, 0) is 30.7 Å². The van der Waals surface area contributed by atoms with E-state index < -0.39 is 0 Å². The number of H-pyrrole nitrogens is 1. The quantitative estimate of drug-likeness (QED) is 0.800. The standard InChI is InChI=1S/C12H12FNO/c1-8-6-10(14-7-8)12-9(13)4-3-5-11(12)15-2/h3-7,14H,1-2H3. The minimum atomic E-state index is -0.281. The second-order valence-corrected chi connectivity index (χ2v) is 3.41. The summed E-state index contributed by atoms with van der Waals surface area (Å²) in [6, 6.07) is 6.69. The van der Waals surface area contributed by atoms with Crippen LogP contribution < -0.4 is 4.74 Å². The van der Waals surface area contributed by atoms with Crippen molar-refractivity contribution in [2.24, 2.45) is 0 Å². The molecule has 0 radical (unpaired) electrons. The van der Waals surface area contributed by atoms with Crippen LogP contribution >= 0.6 is 0 Å². The lowest BCUT2D eigenvalue weighted by Gasteiger charge is -2.07. The molecule has 1 N–H and O–H groups in total. The first kappa shape index (κ1) is 9.77. The first-order chi connectivity index (χ1) is 7.22. The summed E-state index contributed by atoms with van der Waals surface area (Å²) in [5.74, 6) is 0.257. The first-order valence-electron chi connectivity index (χ1n) is 4.70. The first-order valence-corrected chi connectivity index (χ1v) is 4.70. The van der Waals surface area contributed by atoms with Gasteiger partial charge in [-0.3, -0.25) is 0 Å². The molecule has 0 saturated carbocycles. The van der Waals surface area contributed by atoms with E-state index in [0.717, 1.165) is 11.3 Å². The highest BCUT2D eigenvalue weighted by Gasteiger charge is 2.12. The predicted octanol–water partition coefficient (Wildman–Crippen LogP) is 3.14. The molecule has 0 bridgehead atoms. The predicted molar refractivity (Wildman–Crippen MR) is 57.5 cm³/mol. The van der Waals surface area contributed by atoms with Crippen LogP contribution in [-0.2, 0) is 0 Å². The van der Waals surface area contributed by atoms with Gasteiger partial charge >= 0.3 is 0 Å². The highest BCUT2D eigenvalue weighted by Crippen LogP contribution is 2.31. The van der Waals surface area contributed by atoms with Crippen molar-refractivity contribution in [2.45, 2.75) is 6.92 Å². The average Bonchev–Trinajstić information content (AvgIpc) is 2.64. The number of methoxy groups -OCH3 is 1. The van der Waals surface area contributed by atoms with Crippen molar-refractivity contribution in [3.8, 4) is 17.0 Å². The average molecular weight is 205 g/mol. The van der Waals surface area contributed by atoms with Gasteiger partial charge in [-0.1, -0.05) is 6.07 Å². The number of hydrogen-bond acceptors (Lipinski definition) is 1. The smallest absolute Gasteiger partial charge is 0.136 e. The Balaban J connectivity index is 2.60. The molecule has 15 heavy (non-hydrogen) atoms. The van der Waals surface area contributed by atoms with Crippen molar-refractivity contribution in [3.05, 3.63) is 41.8 Å². The van der Waals surface area contributed by atoms with Gasteiger partial charge in [0.2, 0.25) is 0 Å². The molecule has 2 aromatic rings. The molecule has 3 heteroatoms. The lowest BCUT2D eigenvalue weighted by Crippen LogP contribution is -1.91. The van der Waals surface area contributed by atoms with E-state index in [1.807, 2.05) is 19.2 Å². The van der Waals surface area contributed by atoms with E-state index in [4.69, 9.17) is 4.74 Å². The topological polar surface area (TPSA) is 25.0 Å². The van der Waals surface area contributed by atoms with Gasteiger partial charge in [-0.15, -0.1) is 0 Å². The highest BCUT2D eigenvalue weighted by atomic mass is 19.1. The molecule has 0 aliphatic rings. The number of aromatic amines is 1. The molecular formula is C12H12FNO. The van der Waals surface area contributed by atoms with Crippen molar-refractivity contribution >= 4 is 0 Å². The van der Waals surface area contributed by atoms with Gasteiger partial charge in [0, 0.05) is 6.20 Å². The van der Waals surface area contributed by atoms with Gasteiger partial charge in [-0.25, -0.2) is 4.39 Å². The molecule has 0 amide bonds. The number of ether oxygens (including phenoxy) is 1. The second kappa shape index (κ2) is 3.77. The molecule has 2 nitrogen and oxygen atoms in total. The van der Waals surface area contributed by atoms with Crippen LogP contribution in [0.4, 0.5) is 4.39 Å². The SMILES string of the molecule is COc1cccc(F)c1-c1cc(C)c[nH]1. The molecule has 0 unspecified atom stereocenters. The minimum absolute atomic E-state index is 0.281. The highest BCUT2D eigenvalue weighted by molar-refractivity contribution is 5.68. The Hall–Kier alpha value is -1.77. The molecule has 0 fully saturated rings. The number of hydrogen-bond donors (Lipinski definition) is 1. The van der Waals surface area contributed by atoms with E-state index in [-0.39, 0.29) is 5.82 Å². The normalized spacial score (nSPS) is 10.3. The van der Waals surface area contributed by atoms with Gasteiger partial charge in [0.15, 0.2) is 0 Å². The summed E-state index contributed by atoms with van der Waals surface area (Å²) in [7, 11) is 1.54. The molecule has 2 rings (SSSR count). The van der Waals surface area contributed by atoms with Crippen molar-refractivity contribution in [1.82, 2.24) is 4.98 Å². The third-order valence-electron chi connectivity index (χ3n) is 2.29. The number of rotatable bonds is 2. The summed E-state index contributed by atoms with van der Waals surface area (Å²) in [6.07, 6.45) is 1.83. The zero-order valence-corrected chi connectivity index (χ0v) is 8.67. The fourth-order valence-electron chi connectivity index (χ4n) is 1.58. The number of aromatic nitrogens is 1. The zero-order valence-electron chi connectivity index (χ0n) is 8.67. The summed E-state index contributed by atoms with van der Waals surface area (Å²) in [5.41, 5.74) is 2.28. The van der Waals surface area contributed by atoms with Crippen LogP contribution in [0.15, 0.2) is 30.5 Å². The van der Waals surface area contributed by atoms with Crippen LogP contribution in [0.2, 0.25) is 0 Å². The van der Waals surface area contributed by atoms with Crippen molar-refractivity contribution < 1.29 is 9.13 Å². The van der Waals surface area contributed by atoms with Crippen molar-refractivity contribution in [1.29, 1.82) is 0 Å². The molecule has 1 heterocycles. The van der Waals surface area contributed by atoms with E-state index in [9.17, 15) is 4.39 Å². The maximum absolute atomic E-state index is 13.6. The summed E-state index contributed by atoms with van der Waals surface area (Å²) in [6.45, 7) is 1.95. The summed E-state index contributed by atoms with van der Waals surface area (Å²) in [5, 5.41) is 0. The molecular weight excluding hydrogens is 193 g/mol. The van der Waals surface area contributed by atoms with Gasteiger partial charge < -0.3 is 9.72 Å². The Morgan fingerprint density at radius 1 is 1.33 bits per heavy atom.